The molecule has 0 bridgehead atoms. The molecule has 0 saturated carbocycles. The molecule has 0 aliphatic heterocycles. The van der Waals surface area contributed by atoms with Crippen molar-refractivity contribution in [3.8, 4) is 0 Å². The molecule has 0 saturated heterocycles. The molecule has 0 radical (unpaired) electrons. The number of hydrogen-bond acceptors (Lipinski definition) is 3. The summed E-state index contributed by atoms with van der Waals surface area (Å²) in [5.74, 6) is 0. The Kier molecular flexibility index (Phi) is 6.68. The van der Waals surface area contributed by atoms with Gasteiger partial charge in [0.15, 0.2) is 16.6 Å². The van der Waals surface area contributed by atoms with E-state index in [1.807, 2.05) is 11.4 Å². The lowest BCUT2D eigenvalue weighted by Crippen LogP contribution is -2.50. The SMILES string of the molecule is C=C[Si](C)(C)O[SiH](C)O[Si](C)(C)O[Si](C)(C)C=C. The van der Waals surface area contributed by atoms with E-state index in [-0.39, 0.29) is 0 Å². The highest BCUT2D eigenvalue weighted by molar-refractivity contribution is 6.88. The second kappa shape index (κ2) is 6.59. The van der Waals surface area contributed by atoms with Crippen LogP contribution in [0, 0.1) is 0 Å². The summed E-state index contributed by atoms with van der Waals surface area (Å²) in [6.45, 7) is 22.4. The lowest BCUT2D eigenvalue weighted by Gasteiger charge is -2.35. The fourth-order valence-corrected chi connectivity index (χ4v) is 15.3. The first-order chi connectivity index (χ1) is 7.93. The fraction of sp³-hybridized carbons (Fsp3) is 0.636. The van der Waals surface area contributed by atoms with E-state index in [0.717, 1.165) is 0 Å². The van der Waals surface area contributed by atoms with Crippen molar-refractivity contribution in [2.45, 2.75) is 45.8 Å². The molecule has 0 heterocycles. The average molecular weight is 321 g/mol. The highest BCUT2D eigenvalue weighted by Gasteiger charge is 2.35. The van der Waals surface area contributed by atoms with E-state index in [9.17, 15) is 0 Å². The van der Waals surface area contributed by atoms with E-state index < -0.39 is 34.5 Å². The zero-order valence-electron chi connectivity index (χ0n) is 12.9. The quantitative estimate of drug-likeness (QED) is 0.641. The van der Waals surface area contributed by atoms with Gasteiger partial charge in [-0.2, -0.15) is 0 Å². The van der Waals surface area contributed by atoms with Crippen molar-refractivity contribution >= 4 is 34.5 Å². The maximum absolute atomic E-state index is 6.18. The van der Waals surface area contributed by atoms with E-state index in [1.165, 1.54) is 0 Å². The molecule has 1 atom stereocenters. The molecule has 0 aromatic rings. The minimum Gasteiger partial charge on any atom is -0.435 e. The Balaban J connectivity index is 4.49. The van der Waals surface area contributed by atoms with Crippen LogP contribution in [0.5, 0.6) is 0 Å². The minimum absolute atomic E-state index is 1.66. The number of hydrogen-bond donors (Lipinski definition) is 0. The van der Waals surface area contributed by atoms with E-state index in [4.69, 9.17) is 12.3 Å². The molecule has 0 aromatic heterocycles. The zero-order valence-corrected chi connectivity index (χ0v) is 17.0. The van der Waals surface area contributed by atoms with Crippen LogP contribution in [0.25, 0.3) is 0 Å². The minimum atomic E-state index is -2.12. The molecule has 0 aliphatic rings. The van der Waals surface area contributed by atoms with Gasteiger partial charge in [-0.05, 0) is 45.8 Å². The largest absolute Gasteiger partial charge is 0.435 e. The third-order valence-electron chi connectivity index (χ3n) is 2.41. The van der Waals surface area contributed by atoms with E-state index >= 15 is 0 Å². The lowest BCUT2D eigenvalue weighted by molar-refractivity contribution is 0.354. The van der Waals surface area contributed by atoms with Crippen molar-refractivity contribution < 1.29 is 12.3 Å². The van der Waals surface area contributed by atoms with Gasteiger partial charge in [0.05, 0.1) is 0 Å². The van der Waals surface area contributed by atoms with Gasteiger partial charge in [-0.1, -0.05) is 11.4 Å². The van der Waals surface area contributed by atoms with Gasteiger partial charge in [-0.25, -0.2) is 0 Å². The first-order valence-electron chi connectivity index (χ1n) is 6.26. The molecule has 18 heavy (non-hydrogen) atoms. The first kappa shape index (κ1) is 18.2. The summed E-state index contributed by atoms with van der Waals surface area (Å²) < 4.78 is 18.3. The van der Waals surface area contributed by atoms with Gasteiger partial charge >= 0.3 is 8.56 Å². The predicted molar refractivity (Wildman–Crippen MR) is 89.1 cm³/mol. The molecule has 1 unspecified atom stereocenters. The van der Waals surface area contributed by atoms with E-state index in [1.54, 1.807) is 0 Å². The molecule has 7 heteroatoms. The second-order valence-electron chi connectivity index (χ2n) is 5.92. The maximum atomic E-state index is 6.18. The highest BCUT2D eigenvalue weighted by Crippen LogP contribution is 2.18. The monoisotopic (exact) mass is 320 g/mol. The van der Waals surface area contributed by atoms with Crippen molar-refractivity contribution in [3.05, 3.63) is 24.6 Å². The third-order valence-corrected chi connectivity index (χ3v) is 15.8. The smallest absolute Gasteiger partial charge is 0.312 e. The Bertz CT molecular complexity index is 303. The van der Waals surface area contributed by atoms with Crippen molar-refractivity contribution in [3.63, 3.8) is 0 Å². The van der Waals surface area contributed by atoms with Crippen LogP contribution in [0.4, 0.5) is 0 Å². The topological polar surface area (TPSA) is 27.7 Å². The van der Waals surface area contributed by atoms with Gasteiger partial charge < -0.3 is 12.3 Å². The summed E-state index contributed by atoms with van der Waals surface area (Å²) in [5, 5.41) is 0. The summed E-state index contributed by atoms with van der Waals surface area (Å²) in [6, 6.07) is 0. The molecule has 3 nitrogen and oxygen atoms in total. The Morgan fingerprint density at radius 2 is 1.28 bits per heavy atom. The third kappa shape index (κ3) is 7.62. The molecular formula is C11H28O3Si4. The van der Waals surface area contributed by atoms with Crippen LogP contribution in [-0.2, 0) is 12.3 Å². The first-order valence-corrected chi connectivity index (χ1v) is 17.1. The summed E-state index contributed by atoms with van der Waals surface area (Å²) >= 11 is 0. The molecule has 106 valence electrons. The van der Waals surface area contributed by atoms with Crippen LogP contribution in [-0.4, -0.2) is 34.5 Å². The molecule has 0 fully saturated rings. The van der Waals surface area contributed by atoms with Crippen LogP contribution in [0.15, 0.2) is 24.6 Å². The fourth-order valence-electron chi connectivity index (χ4n) is 1.60. The second-order valence-corrected chi connectivity index (χ2v) is 19.8. The van der Waals surface area contributed by atoms with Gasteiger partial charge in [0.1, 0.15) is 0 Å². The van der Waals surface area contributed by atoms with Gasteiger partial charge in [0.2, 0.25) is 0 Å². The summed E-state index contributed by atoms with van der Waals surface area (Å²) in [6.07, 6.45) is 0. The molecule has 0 N–H and O–H groups in total. The van der Waals surface area contributed by atoms with E-state index in [0.29, 0.717) is 0 Å². The Hall–Kier alpha value is 0.228. The summed E-state index contributed by atoms with van der Waals surface area (Å²) in [4.78, 5) is 0. The van der Waals surface area contributed by atoms with Crippen LogP contribution >= 0.6 is 0 Å². The van der Waals surface area contributed by atoms with Crippen molar-refractivity contribution in [2.24, 2.45) is 0 Å². The normalized spacial score (nSPS) is 15.3. The Morgan fingerprint density at radius 1 is 0.833 bits per heavy atom. The molecule has 0 aromatic carbocycles. The van der Waals surface area contributed by atoms with E-state index in [2.05, 4.69) is 59.0 Å². The van der Waals surface area contributed by atoms with Crippen molar-refractivity contribution in [1.82, 2.24) is 0 Å². The molecule has 0 aliphatic carbocycles. The summed E-state index contributed by atoms with van der Waals surface area (Å²) in [5.41, 5.74) is 3.89. The van der Waals surface area contributed by atoms with Gasteiger partial charge in [0, 0.05) is 0 Å². The molecule has 0 rings (SSSR count). The van der Waals surface area contributed by atoms with Crippen LogP contribution < -0.4 is 0 Å². The molecular weight excluding hydrogens is 292 g/mol. The van der Waals surface area contributed by atoms with Crippen LogP contribution in [0.1, 0.15) is 0 Å². The van der Waals surface area contributed by atoms with Crippen LogP contribution in [0.2, 0.25) is 45.8 Å². The molecule has 0 amide bonds. The van der Waals surface area contributed by atoms with Gasteiger partial charge in [0.25, 0.3) is 9.28 Å². The van der Waals surface area contributed by atoms with Crippen LogP contribution in [0.3, 0.4) is 0 Å². The number of rotatable bonds is 8. The average Bonchev–Trinajstić information content (AvgIpc) is 2.14. The zero-order chi connectivity index (χ0) is 14.6. The van der Waals surface area contributed by atoms with Crippen molar-refractivity contribution in [2.75, 3.05) is 0 Å². The van der Waals surface area contributed by atoms with Gasteiger partial charge in [-0.3, -0.25) is 0 Å². The summed E-state index contributed by atoms with van der Waals surface area (Å²) in [7, 11) is -7.31. The molecule has 0 spiro atoms. The Morgan fingerprint density at radius 3 is 1.67 bits per heavy atom. The van der Waals surface area contributed by atoms with Gasteiger partial charge in [-0.15, -0.1) is 13.2 Å². The maximum Gasteiger partial charge on any atom is 0.312 e. The predicted octanol–water partition coefficient (Wildman–Crippen LogP) is 3.45. The standard InChI is InChI=1S/C11H28O3Si4/c1-10-16(4,5)12-15(3)13-18(8,9)14-17(6,7)11-2/h10-11,15H,1-2H2,3-9H3. The Labute approximate surface area is 117 Å². The highest BCUT2D eigenvalue weighted by atomic mass is 28.5. The van der Waals surface area contributed by atoms with Crippen molar-refractivity contribution in [1.29, 1.82) is 0 Å². The lowest BCUT2D eigenvalue weighted by atomic mass is 11.3.